The van der Waals surface area contributed by atoms with Crippen molar-refractivity contribution in [2.24, 2.45) is 0 Å². The molecule has 1 saturated heterocycles. The Morgan fingerprint density at radius 1 is 1.03 bits per heavy atom. The Balaban J connectivity index is 1.51. The summed E-state index contributed by atoms with van der Waals surface area (Å²) in [4.78, 5) is 29.0. The minimum absolute atomic E-state index is 0.0703. The molecule has 3 aromatic rings. The summed E-state index contributed by atoms with van der Waals surface area (Å²) in [6.07, 6.45) is 0. The summed E-state index contributed by atoms with van der Waals surface area (Å²) in [5, 5.41) is 0.868. The largest absolute Gasteiger partial charge is 0.335 e. The summed E-state index contributed by atoms with van der Waals surface area (Å²) >= 11 is 5.71. The number of hydrogen-bond acceptors (Lipinski definition) is 4. The molecule has 1 fully saturated rings. The number of nitrogens with one attached hydrogen (secondary N) is 1. The van der Waals surface area contributed by atoms with Crippen molar-refractivity contribution in [3.8, 4) is 0 Å². The molecular weight excluding hydrogens is 433 g/mol. The van der Waals surface area contributed by atoms with Crippen LogP contribution in [0.5, 0.6) is 0 Å². The van der Waals surface area contributed by atoms with Gasteiger partial charge < -0.3 is 9.88 Å². The highest BCUT2D eigenvalue weighted by atomic mass is 35.5. The number of pyridine rings is 1. The number of sulfonamides is 1. The van der Waals surface area contributed by atoms with E-state index in [9.17, 15) is 22.4 Å². The highest BCUT2D eigenvalue weighted by molar-refractivity contribution is 7.89. The third-order valence-electron chi connectivity index (χ3n) is 5.04. The van der Waals surface area contributed by atoms with Crippen molar-refractivity contribution >= 4 is 38.3 Å². The third-order valence-corrected chi connectivity index (χ3v) is 7.22. The Labute approximate surface area is 176 Å². The monoisotopic (exact) mass is 449 g/mol. The number of aromatic amines is 1. The van der Waals surface area contributed by atoms with Crippen LogP contribution >= 0.6 is 11.6 Å². The Morgan fingerprint density at radius 3 is 2.43 bits per heavy atom. The van der Waals surface area contributed by atoms with Crippen LogP contribution in [0.25, 0.3) is 10.8 Å². The van der Waals surface area contributed by atoms with Crippen LogP contribution in [0.15, 0.2) is 58.2 Å². The van der Waals surface area contributed by atoms with Gasteiger partial charge in [0.25, 0.3) is 11.5 Å². The lowest BCUT2D eigenvalue weighted by molar-refractivity contribution is 0.0692. The van der Waals surface area contributed by atoms with Crippen molar-refractivity contribution in [2.45, 2.75) is 4.90 Å². The van der Waals surface area contributed by atoms with Gasteiger partial charge in [-0.2, -0.15) is 4.31 Å². The third kappa shape index (κ3) is 3.71. The number of halogens is 2. The van der Waals surface area contributed by atoms with Crippen LogP contribution < -0.4 is 5.56 Å². The number of carbonyl (C=O) groups excluding carboxylic acids is 1. The average molecular weight is 450 g/mol. The van der Waals surface area contributed by atoms with Gasteiger partial charge in [-0.15, -0.1) is 0 Å². The van der Waals surface area contributed by atoms with E-state index in [0.29, 0.717) is 10.8 Å². The van der Waals surface area contributed by atoms with Gasteiger partial charge >= 0.3 is 0 Å². The first-order valence-electron chi connectivity index (χ1n) is 9.14. The maximum atomic E-state index is 13.3. The van der Waals surface area contributed by atoms with E-state index in [-0.39, 0.29) is 53.3 Å². The number of benzene rings is 2. The smallest absolute Gasteiger partial charge is 0.270 e. The predicted molar refractivity (Wildman–Crippen MR) is 111 cm³/mol. The first-order chi connectivity index (χ1) is 14.3. The van der Waals surface area contributed by atoms with Crippen LogP contribution in [0.1, 0.15) is 10.5 Å². The van der Waals surface area contributed by atoms with Gasteiger partial charge in [-0.3, -0.25) is 9.59 Å². The maximum absolute atomic E-state index is 13.3. The van der Waals surface area contributed by atoms with Crippen molar-refractivity contribution in [1.82, 2.24) is 14.2 Å². The minimum atomic E-state index is -3.86. The molecule has 156 valence electrons. The Bertz CT molecular complexity index is 1300. The van der Waals surface area contributed by atoms with Crippen LogP contribution in [0.3, 0.4) is 0 Å². The molecule has 1 aromatic heterocycles. The molecule has 10 heteroatoms. The van der Waals surface area contributed by atoms with Crippen LogP contribution in [-0.2, 0) is 10.0 Å². The molecule has 1 N–H and O–H groups in total. The fourth-order valence-corrected chi connectivity index (χ4v) is 5.11. The molecule has 4 rings (SSSR count). The Morgan fingerprint density at radius 2 is 1.73 bits per heavy atom. The number of piperazine rings is 1. The normalized spacial score (nSPS) is 15.5. The summed E-state index contributed by atoms with van der Waals surface area (Å²) in [6.45, 7) is 0.450. The zero-order valence-corrected chi connectivity index (χ0v) is 17.2. The second-order valence-electron chi connectivity index (χ2n) is 6.87. The van der Waals surface area contributed by atoms with Gasteiger partial charge in [0.15, 0.2) is 0 Å². The van der Waals surface area contributed by atoms with E-state index >= 15 is 0 Å². The number of fused-ring (bicyclic) bond motifs is 1. The van der Waals surface area contributed by atoms with E-state index in [4.69, 9.17) is 11.6 Å². The fraction of sp³-hybridized carbons (Fsp3) is 0.200. The summed E-state index contributed by atoms with van der Waals surface area (Å²) in [5.74, 6) is -1.07. The Kier molecular flexibility index (Phi) is 5.35. The molecule has 0 saturated carbocycles. The SMILES string of the molecule is O=C(c1cc2ccccc2c(=O)[nH]1)N1CCN(S(=O)(=O)c2ccc(F)c(Cl)c2)CC1. The number of rotatable bonds is 3. The first kappa shape index (κ1) is 20.5. The Hall–Kier alpha value is -2.75. The van der Waals surface area contributed by atoms with Crippen LogP contribution in [-0.4, -0.2) is 54.7 Å². The molecule has 2 heterocycles. The lowest BCUT2D eigenvalue weighted by Gasteiger charge is -2.34. The van der Waals surface area contributed by atoms with E-state index in [0.717, 1.165) is 18.2 Å². The average Bonchev–Trinajstić information content (AvgIpc) is 2.75. The first-order valence-corrected chi connectivity index (χ1v) is 11.0. The zero-order chi connectivity index (χ0) is 21.5. The number of nitrogens with zero attached hydrogens (tertiary/aromatic N) is 2. The molecule has 1 amide bonds. The molecule has 7 nitrogen and oxygen atoms in total. The molecule has 0 aliphatic carbocycles. The topological polar surface area (TPSA) is 90.6 Å². The zero-order valence-electron chi connectivity index (χ0n) is 15.6. The van der Waals surface area contributed by atoms with Crippen LogP contribution in [0, 0.1) is 5.82 Å². The van der Waals surface area contributed by atoms with Gasteiger partial charge in [-0.05, 0) is 35.7 Å². The highest BCUT2D eigenvalue weighted by Gasteiger charge is 2.31. The van der Waals surface area contributed by atoms with Crippen molar-refractivity contribution in [2.75, 3.05) is 26.2 Å². The summed E-state index contributed by atoms with van der Waals surface area (Å²) < 4.78 is 40.1. The molecule has 0 atom stereocenters. The minimum Gasteiger partial charge on any atom is -0.335 e. The van der Waals surface area contributed by atoms with Gasteiger partial charge in [0.2, 0.25) is 10.0 Å². The lowest BCUT2D eigenvalue weighted by atomic mass is 10.1. The van der Waals surface area contributed by atoms with Crippen molar-refractivity contribution in [1.29, 1.82) is 0 Å². The molecule has 1 aliphatic heterocycles. The van der Waals surface area contributed by atoms with Gasteiger partial charge in [0, 0.05) is 31.6 Å². The number of amides is 1. The number of H-pyrrole nitrogens is 1. The molecular formula is C20H17ClFN3O4S. The summed E-state index contributed by atoms with van der Waals surface area (Å²) in [5.41, 5.74) is -0.203. The number of hydrogen-bond donors (Lipinski definition) is 1. The van der Waals surface area contributed by atoms with E-state index in [1.165, 1.54) is 9.21 Å². The second kappa shape index (κ2) is 7.82. The molecule has 30 heavy (non-hydrogen) atoms. The van der Waals surface area contributed by atoms with E-state index in [2.05, 4.69) is 4.98 Å². The number of carbonyl (C=O) groups is 1. The quantitative estimate of drug-likeness (QED) is 0.665. The van der Waals surface area contributed by atoms with E-state index in [1.54, 1.807) is 30.3 Å². The van der Waals surface area contributed by atoms with Gasteiger partial charge in [0.05, 0.1) is 9.92 Å². The lowest BCUT2D eigenvalue weighted by Crippen LogP contribution is -2.50. The van der Waals surface area contributed by atoms with Crippen LogP contribution in [0.4, 0.5) is 4.39 Å². The van der Waals surface area contributed by atoms with Crippen molar-refractivity contribution in [3.05, 3.63) is 75.4 Å². The van der Waals surface area contributed by atoms with Gasteiger partial charge in [-0.25, -0.2) is 12.8 Å². The fourth-order valence-electron chi connectivity index (χ4n) is 3.41. The van der Waals surface area contributed by atoms with Gasteiger partial charge in [0.1, 0.15) is 11.5 Å². The van der Waals surface area contributed by atoms with Crippen LogP contribution in [0.2, 0.25) is 5.02 Å². The molecule has 0 radical (unpaired) electrons. The molecule has 0 unspecified atom stereocenters. The van der Waals surface area contributed by atoms with E-state index in [1.807, 2.05) is 0 Å². The van der Waals surface area contributed by atoms with Crippen molar-refractivity contribution in [3.63, 3.8) is 0 Å². The number of aromatic nitrogens is 1. The molecule has 0 spiro atoms. The van der Waals surface area contributed by atoms with Crippen molar-refractivity contribution < 1.29 is 17.6 Å². The summed E-state index contributed by atoms with van der Waals surface area (Å²) in [7, 11) is -3.86. The standard InChI is InChI=1S/C20H17ClFN3O4S/c21-16-12-14(5-6-17(16)22)30(28,29)25-9-7-24(8-10-25)20(27)18-11-13-3-1-2-4-15(13)19(26)23-18/h1-6,11-12H,7-10H2,(H,23,26). The maximum Gasteiger partial charge on any atom is 0.270 e. The van der Waals surface area contributed by atoms with E-state index < -0.39 is 15.8 Å². The molecule has 0 bridgehead atoms. The molecule has 2 aromatic carbocycles. The summed E-state index contributed by atoms with van der Waals surface area (Å²) in [6, 6.07) is 11.8. The highest BCUT2D eigenvalue weighted by Crippen LogP contribution is 2.23. The predicted octanol–water partition coefficient (Wildman–Crippen LogP) is 2.47. The molecule has 1 aliphatic rings. The van der Waals surface area contributed by atoms with Gasteiger partial charge in [-0.1, -0.05) is 29.8 Å². The second-order valence-corrected chi connectivity index (χ2v) is 9.22.